The molecule has 0 aromatic rings. The van der Waals surface area contributed by atoms with Crippen LogP contribution in [0.25, 0.3) is 0 Å². The van der Waals surface area contributed by atoms with Gasteiger partial charge in [0.1, 0.15) is 0 Å². The van der Waals surface area contributed by atoms with Gasteiger partial charge in [0.2, 0.25) is 0 Å². The van der Waals surface area contributed by atoms with E-state index in [1.807, 2.05) is 0 Å². The monoisotopic (exact) mass is 232 g/mol. The van der Waals surface area contributed by atoms with E-state index >= 15 is 0 Å². The van der Waals surface area contributed by atoms with Crippen molar-refractivity contribution in [3.63, 3.8) is 0 Å². The van der Waals surface area contributed by atoms with Crippen LogP contribution in [0, 0.1) is 0 Å². The number of halogens is 1. The van der Waals surface area contributed by atoms with Crippen molar-refractivity contribution in [3.8, 4) is 0 Å². The van der Waals surface area contributed by atoms with Gasteiger partial charge in [-0.1, -0.05) is 0 Å². The molecule has 0 N–H and O–H groups in total. The summed E-state index contributed by atoms with van der Waals surface area (Å²) < 4.78 is 42.0. The first-order valence-corrected chi connectivity index (χ1v) is 3.01. The van der Waals surface area contributed by atoms with Crippen molar-refractivity contribution >= 4 is 11.9 Å². The van der Waals surface area contributed by atoms with Gasteiger partial charge in [0, 0.05) is 0 Å². The summed E-state index contributed by atoms with van der Waals surface area (Å²) in [6, 6.07) is 0. The predicted octanol–water partition coefficient (Wildman–Crippen LogP) is -8.04. The van der Waals surface area contributed by atoms with Crippen LogP contribution < -0.4 is 89.8 Å². The van der Waals surface area contributed by atoms with Gasteiger partial charge < -0.3 is 4.66 Å². The van der Waals surface area contributed by atoms with E-state index in [0.717, 1.165) is 0 Å². The Kier molecular flexibility index (Phi) is 33.6. The molecule has 0 fully saturated rings. The summed E-state index contributed by atoms with van der Waals surface area (Å²) in [4.78, 5) is 0. The van der Waals surface area contributed by atoms with Crippen LogP contribution in [0.4, 0.5) is 0 Å². The summed E-state index contributed by atoms with van der Waals surface area (Å²) in [6.45, 7) is 0. The Balaban J connectivity index is -0.0000000286. The van der Waals surface area contributed by atoms with Crippen molar-refractivity contribution in [1.82, 2.24) is 0 Å². The molecule has 0 unspecified atom stereocenters. The molecule has 0 saturated carbocycles. The molecule has 0 aliphatic heterocycles. The molecule has 0 spiro atoms. The molecule has 0 amide bonds. The molecule has 0 aromatic heterocycles. The van der Waals surface area contributed by atoms with Crippen LogP contribution >= 0.6 is 11.9 Å². The zero-order valence-corrected chi connectivity index (χ0v) is 11.9. The molecule has 0 rings (SSSR count). The second kappa shape index (κ2) is 13.4. The van der Waals surface area contributed by atoms with E-state index in [9.17, 15) is 0 Å². The van der Waals surface area contributed by atoms with E-state index in [1.54, 1.807) is 0 Å². The molecule has 9 heteroatoms. The first-order chi connectivity index (χ1) is 3.00. The Morgan fingerprint density at radius 2 is 1.11 bits per heavy atom. The molecule has 0 aromatic carbocycles. The van der Waals surface area contributed by atoms with Gasteiger partial charge in [0.25, 0.3) is 0 Å². The summed E-state index contributed by atoms with van der Waals surface area (Å²) >= 11 is -2.24. The maximum atomic E-state index is 8.58. The van der Waals surface area contributed by atoms with Gasteiger partial charge >= 0.3 is 110 Å². The Morgan fingerprint density at radius 1 is 1.11 bits per heavy atom. The van der Waals surface area contributed by atoms with Crippen LogP contribution in [0.15, 0.2) is 0 Å². The third-order valence-corrected chi connectivity index (χ3v) is 0. The Morgan fingerprint density at radius 3 is 1.11 bits per heavy atom. The molecular weight excluding hydrogens is 232 g/mol. The van der Waals surface area contributed by atoms with Crippen LogP contribution in [-0.4, -0.2) is 0 Å². The van der Waals surface area contributed by atoms with E-state index < -0.39 is 13.0 Å². The minimum absolute atomic E-state index is 0. The Hall–Kier alpha value is 2.77. The van der Waals surface area contributed by atoms with Gasteiger partial charge in [0.15, 0.2) is 0 Å². The maximum absolute atomic E-state index is 8.58. The van der Waals surface area contributed by atoms with Gasteiger partial charge in [-0.3, -0.25) is 0 Å². The Labute approximate surface area is 123 Å². The first kappa shape index (κ1) is 22.6. The van der Waals surface area contributed by atoms with E-state index in [-0.39, 0.29) is 80.9 Å². The van der Waals surface area contributed by atoms with Crippen molar-refractivity contribution in [3.05, 3.63) is 0 Å². The second-order valence-electron chi connectivity index (χ2n) is 0.378. The summed E-state index contributed by atoms with van der Waals surface area (Å²) in [7, 11) is 0. The first-order valence-electron chi connectivity index (χ1n) is 0.772. The third-order valence-electron chi connectivity index (χ3n) is 0. The van der Waals surface area contributed by atoms with Crippen molar-refractivity contribution in [2.24, 2.45) is 0 Å². The molecular formula is ClKMnNaO5. The van der Waals surface area contributed by atoms with Crippen LogP contribution in [0.3, 0.4) is 0 Å². The van der Waals surface area contributed by atoms with Gasteiger partial charge in [-0.05, 0) is 0 Å². The molecule has 0 saturated heterocycles. The van der Waals surface area contributed by atoms with E-state index in [4.69, 9.17) is 20.4 Å². The molecule has 0 aliphatic carbocycles. The fraction of sp³-hybridized carbons (Fsp3) is 0. The van der Waals surface area contributed by atoms with Crippen molar-refractivity contribution in [1.29, 1.82) is 0 Å². The predicted molar refractivity (Wildman–Crippen MR) is 7.91 cm³/mol. The fourth-order valence-electron chi connectivity index (χ4n) is 0. The van der Waals surface area contributed by atoms with Crippen LogP contribution in [0.5, 0.6) is 0 Å². The standard InChI is InChI=1S/ClO.K.Mn.Na.4O/c1-2;;;;;;;/q-1;+1;;+1;;;;-1. The molecule has 5 nitrogen and oxygen atoms in total. The zero-order valence-electron chi connectivity index (χ0n) is 4.80. The number of hydrogen-bond donors (Lipinski definition) is 0. The molecule has 0 bridgehead atoms. The third kappa shape index (κ3) is 108. The van der Waals surface area contributed by atoms with Gasteiger partial charge in [-0.15, -0.1) is 0 Å². The van der Waals surface area contributed by atoms with E-state index in [2.05, 4.69) is 11.9 Å². The van der Waals surface area contributed by atoms with Crippen LogP contribution in [0.2, 0.25) is 0 Å². The minimum atomic E-state index is -5.62. The summed E-state index contributed by atoms with van der Waals surface area (Å²) in [6.07, 6.45) is 0. The normalized spacial score (nSPS) is 7.00. The van der Waals surface area contributed by atoms with E-state index in [0.29, 0.717) is 0 Å². The van der Waals surface area contributed by atoms with Crippen LogP contribution in [0.1, 0.15) is 0 Å². The Bertz CT molecular complexity index is 138. The average Bonchev–Trinajstić information content (AvgIpc) is 1.36. The average molecular weight is 232 g/mol. The summed E-state index contributed by atoms with van der Waals surface area (Å²) in [5.41, 5.74) is 0. The van der Waals surface area contributed by atoms with Gasteiger partial charge in [-0.2, -0.15) is 0 Å². The zero-order chi connectivity index (χ0) is 6.50. The fourth-order valence-corrected chi connectivity index (χ4v) is 0. The second-order valence-corrected chi connectivity index (χ2v) is 1.56. The molecule has 46 valence electrons. The summed E-state index contributed by atoms with van der Waals surface area (Å²) in [5.74, 6) is 0. The van der Waals surface area contributed by atoms with Gasteiger partial charge in [-0.25, -0.2) is 11.9 Å². The molecule has 0 radical (unpaired) electrons. The molecule has 0 aliphatic rings. The van der Waals surface area contributed by atoms with E-state index in [1.165, 1.54) is 0 Å². The molecule has 9 heavy (non-hydrogen) atoms. The van der Waals surface area contributed by atoms with Crippen LogP contribution in [-0.2, 0) is 24.5 Å². The molecule has 0 atom stereocenters. The SMILES string of the molecule is [K+].[Na+].[O-]Cl.[O]=[Mn](=[O])(=[O])[O-]. The number of rotatable bonds is 0. The topological polar surface area (TPSA) is 97.3 Å². The quantitative estimate of drug-likeness (QED) is 0.386. The molecule has 0 heterocycles. The summed E-state index contributed by atoms with van der Waals surface area (Å²) in [5, 5.41) is 0. The number of hydrogen-bond acceptors (Lipinski definition) is 5. The van der Waals surface area contributed by atoms with Crippen molar-refractivity contribution in [2.45, 2.75) is 0 Å². The van der Waals surface area contributed by atoms with Crippen molar-refractivity contribution < 1.29 is 114 Å². The van der Waals surface area contributed by atoms with Crippen molar-refractivity contribution in [2.75, 3.05) is 0 Å². The van der Waals surface area contributed by atoms with Gasteiger partial charge in [0.05, 0.1) is 0 Å².